The third-order valence-corrected chi connectivity index (χ3v) is 7.20. The van der Waals surface area contributed by atoms with Gasteiger partial charge in [0.2, 0.25) is 0 Å². The van der Waals surface area contributed by atoms with E-state index in [0.717, 1.165) is 27.7 Å². The van der Waals surface area contributed by atoms with Crippen LogP contribution in [0.5, 0.6) is 5.75 Å². The van der Waals surface area contributed by atoms with Gasteiger partial charge in [-0.15, -0.1) is 6.58 Å². The lowest BCUT2D eigenvalue weighted by Gasteiger charge is -2.42. The van der Waals surface area contributed by atoms with E-state index in [1.807, 2.05) is 43.1 Å². The SMILES string of the molecule is C=CCN(C)CCN1C(=O)N2C(c3cccc(O)c3)c3[nH]c4ccc(Cl)cc4c3CC2(C)C1=O. The van der Waals surface area contributed by atoms with Crippen molar-refractivity contribution in [3.63, 3.8) is 0 Å². The smallest absolute Gasteiger partial charge is 0.328 e. The zero-order chi connectivity index (χ0) is 24.2. The fraction of sp³-hybridized carbons (Fsp3) is 0.308. The quantitative estimate of drug-likeness (QED) is 0.408. The van der Waals surface area contributed by atoms with Crippen LogP contribution in [-0.4, -0.2) is 68.9 Å². The Morgan fingerprint density at radius 2 is 2.09 bits per heavy atom. The van der Waals surface area contributed by atoms with Gasteiger partial charge >= 0.3 is 6.03 Å². The van der Waals surface area contributed by atoms with Crippen LogP contribution in [0.2, 0.25) is 5.02 Å². The number of H-pyrrole nitrogens is 1. The molecule has 0 spiro atoms. The van der Waals surface area contributed by atoms with Gasteiger partial charge in [-0.25, -0.2) is 4.79 Å². The number of phenolic OH excluding ortho intramolecular Hbond substituents is 1. The maximum atomic E-state index is 13.8. The molecule has 176 valence electrons. The number of carbonyl (C=O) groups excluding carboxylic acids is 2. The highest BCUT2D eigenvalue weighted by Crippen LogP contribution is 2.49. The summed E-state index contributed by atoms with van der Waals surface area (Å²) in [4.78, 5) is 36.1. The number of aromatic nitrogens is 1. The molecule has 0 aliphatic carbocycles. The molecule has 1 aromatic heterocycles. The summed E-state index contributed by atoms with van der Waals surface area (Å²) in [6, 6.07) is 11.6. The minimum Gasteiger partial charge on any atom is -0.508 e. The molecule has 7 nitrogen and oxygen atoms in total. The zero-order valence-corrected chi connectivity index (χ0v) is 20.0. The Morgan fingerprint density at radius 1 is 1.29 bits per heavy atom. The zero-order valence-electron chi connectivity index (χ0n) is 19.2. The number of likely N-dealkylation sites (N-methyl/N-ethyl adjacent to an activating group) is 1. The van der Waals surface area contributed by atoms with Gasteiger partial charge in [0.15, 0.2) is 0 Å². The number of nitrogens with zero attached hydrogens (tertiary/aromatic N) is 3. The number of aromatic amines is 1. The van der Waals surface area contributed by atoms with Crippen molar-refractivity contribution in [3.05, 3.63) is 77.0 Å². The van der Waals surface area contributed by atoms with E-state index in [-0.39, 0.29) is 17.7 Å². The van der Waals surface area contributed by atoms with Crippen molar-refractivity contribution in [1.82, 2.24) is 19.7 Å². The molecule has 2 aliphatic rings. The number of aromatic hydroxyl groups is 1. The fourth-order valence-electron chi connectivity index (χ4n) is 5.31. The first-order valence-corrected chi connectivity index (χ1v) is 11.7. The van der Waals surface area contributed by atoms with Crippen molar-refractivity contribution >= 4 is 34.4 Å². The molecule has 3 heterocycles. The van der Waals surface area contributed by atoms with Crippen LogP contribution in [0.1, 0.15) is 29.8 Å². The lowest BCUT2D eigenvalue weighted by Crippen LogP contribution is -2.53. The second-order valence-corrected chi connectivity index (χ2v) is 9.75. The minimum atomic E-state index is -1.06. The number of benzene rings is 2. The fourth-order valence-corrected chi connectivity index (χ4v) is 5.48. The van der Waals surface area contributed by atoms with Crippen LogP contribution in [-0.2, 0) is 11.2 Å². The van der Waals surface area contributed by atoms with Crippen LogP contribution in [0, 0.1) is 0 Å². The molecule has 2 aliphatic heterocycles. The summed E-state index contributed by atoms with van der Waals surface area (Å²) in [5.41, 5.74) is 2.38. The summed E-state index contributed by atoms with van der Waals surface area (Å²) in [6.45, 7) is 7.09. The summed E-state index contributed by atoms with van der Waals surface area (Å²) < 4.78 is 0. The molecule has 0 saturated carbocycles. The predicted octanol–water partition coefficient (Wildman–Crippen LogP) is 4.31. The number of phenols is 1. The standard InChI is InChI=1S/C26H27ClN4O3/c1-4-10-29(3)11-12-30-24(33)26(2)15-20-19-14-17(27)8-9-21(19)28-22(20)23(31(26)25(30)34)16-6-5-7-18(32)13-16/h4-9,13-14,23,28,32H,1,10-12,15H2,2-3H3. The second kappa shape index (κ2) is 8.18. The third-order valence-electron chi connectivity index (χ3n) is 6.96. The molecule has 2 aromatic carbocycles. The summed E-state index contributed by atoms with van der Waals surface area (Å²) >= 11 is 6.31. The molecule has 5 rings (SSSR count). The lowest BCUT2D eigenvalue weighted by molar-refractivity contribution is -0.133. The molecular weight excluding hydrogens is 452 g/mol. The van der Waals surface area contributed by atoms with E-state index >= 15 is 0 Å². The largest absolute Gasteiger partial charge is 0.508 e. The normalized spacial score (nSPS) is 21.9. The number of halogens is 1. The summed E-state index contributed by atoms with van der Waals surface area (Å²) in [5, 5.41) is 11.8. The second-order valence-electron chi connectivity index (χ2n) is 9.32. The number of imide groups is 1. The first-order chi connectivity index (χ1) is 16.2. The highest BCUT2D eigenvalue weighted by molar-refractivity contribution is 6.31. The van der Waals surface area contributed by atoms with Crippen molar-refractivity contribution in [2.75, 3.05) is 26.7 Å². The van der Waals surface area contributed by atoms with Crippen molar-refractivity contribution in [3.8, 4) is 5.75 Å². The number of carbonyl (C=O) groups is 2. The van der Waals surface area contributed by atoms with Gasteiger partial charge in [-0.1, -0.05) is 29.8 Å². The van der Waals surface area contributed by atoms with Gasteiger partial charge in [0.05, 0.1) is 0 Å². The van der Waals surface area contributed by atoms with E-state index in [4.69, 9.17) is 11.6 Å². The van der Waals surface area contributed by atoms with E-state index < -0.39 is 11.6 Å². The molecule has 1 fully saturated rings. The molecule has 3 amide bonds. The Hall–Kier alpha value is -3.29. The predicted molar refractivity (Wildman–Crippen MR) is 132 cm³/mol. The van der Waals surface area contributed by atoms with Crippen molar-refractivity contribution in [2.24, 2.45) is 0 Å². The van der Waals surface area contributed by atoms with E-state index in [2.05, 4.69) is 11.6 Å². The molecule has 1 saturated heterocycles. The molecule has 0 radical (unpaired) electrons. The van der Waals surface area contributed by atoms with Gasteiger partial charge in [0.1, 0.15) is 17.3 Å². The van der Waals surface area contributed by atoms with Crippen LogP contribution in [0.25, 0.3) is 10.9 Å². The maximum absolute atomic E-state index is 13.8. The third kappa shape index (κ3) is 3.38. The summed E-state index contributed by atoms with van der Waals surface area (Å²) in [6.07, 6.45) is 2.17. The van der Waals surface area contributed by atoms with E-state index in [1.165, 1.54) is 4.90 Å². The number of hydrogen-bond acceptors (Lipinski definition) is 4. The van der Waals surface area contributed by atoms with Gasteiger partial charge in [0, 0.05) is 47.7 Å². The van der Waals surface area contributed by atoms with Crippen LogP contribution >= 0.6 is 11.6 Å². The van der Waals surface area contributed by atoms with Crippen LogP contribution in [0.3, 0.4) is 0 Å². The number of fused-ring (bicyclic) bond motifs is 4. The van der Waals surface area contributed by atoms with Crippen LogP contribution in [0.15, 0.2) is 55.1 Å². The Kier molecular flexibility index (Phi) is 5.41. The Morgan fingerprint density at radius 3 is 2.82 bits per heavy atom. The number of nitrogens with one attached hydrogen (secondary N) is 1. The van der Waals surface area contributed by atoms with Crippen molar-refractivity contribution in [1.29, 1.82) is 0 Å². The first-order valence-electron chi connectivity index (χ1n) is 11.3. The topological polar surface area (TPSA) is 79.9 Å². The van der Waals surface area contributed by atoms with Gasteiger partial charge in [0.25, 0.3) is 5.91 Å². The molecule has 0 bridgehead atoms. The van der Waals surface area contributed by atoms with Crippen molar-refractivity contribution in [2.45, 2.75) is 24.9 Å². The molecule has 2 unspecified atom stereocenters. The summed E-state index contributed by atoms with van der Waals surface area (Å²) in [7, 11) is 1.93. The molecule has 2 N–H and O–H groups in total. The minimum absolute atomic E-state index is 0.103. The monoisotopic (exact) mass is 478 g/mol. The number of hydrogen-bond donors (Lipinski definition) is 2. The van der Waals surface area contributed by atoms with Crippen LogP contribution < -0.4 is 0 Å². The molecule has 2 atom stereocenters. The average Bonchev–Trinajstić information content (AvgIpc) is 3.23. The van der Waals surface area contributed by atoms with Crippen molar-refractivity contribution < 1.29 is 14.7 Å². The highest BCUT2D eigenvalue weighted by Gasteiger charge is 2.60. The highest BCUT2D eigenvalue weighted by atomic mass is 35.5. The van der Waals surface area contributed by atoms with E-state index in [0.29, 0.717) is 31.1 Å². The Bertz CT molecular complexity index is 1320. The molecule has 3 aromatic rings. The Labute approximate surface area is 203 Å². The number of amides is 3. The van der Waals surface area contributed by atoms with Crippen LogP contribution in [0.4, 0.5) is 4.79 Å². The molecule has 34 heavy (non-hydrogen) atoms. The van der Waals surface area contributed by atoms with Gasteiger partial charge < -0.3 is 15.0 Å². The van der Waals surface area contributed by atoms with E-state index in [1.54, 1.807) is 29.2 Å². The van der Waals surface area contributed by atoms with Gasteiger partial charge in [-0.2, -0.15) is 0 Å². The van der Waals surface area contributed by atoms with Gasteiger partial charge in [-0.3, -0.25) is 14.6 Å². The molecular formula is C26H27ClN4O3. The molecule has 8 heteroatoms. The maximum Gasteiger partial charge on any atom is 0.328 e. The van der Waals surface area contributed by atoms with Gasteiger partial charge in [-0.05, 0) is 55.4 Å². The lowest BCUT2D eigenvalue weighted by atomic mass is 9.81. The number of urea groups is 1. The Balaban J connectivity index is 1.65. The summed E-state index contributed by atoms with van der Waals surface area (Å²) in [5.74, 6) is -0.108. The average molecular weight is 479 g/mol. The van der Waals surface area contributed by atoms with E-state index in [9.17, 15) is 14.7 Å². The number of rotatable bonds is 6. The first kappa shape index (κ1) is 22.5.